The molecule has 3 rings (SSSR count). The van der Waals surface area contributed by atoms with Crippen LogP contribution in [0, 0.1) is 0 Å². The van der Waals surface area contributed by atoms with E-state index in [9.17, 15) is 0 Å². The van der Waals surface area contributed by atoms with Crippen molar-refractivity contribution in [3.8, 4) is 0 Å². The summed E-state index contributed by atoms with van der Waals surface area (Å²) in [6.45, 7) is 3.47. The van der Waals surface area contributed by atoms with Gasteiger partial charge in [-0.25, -0.2) is 0 Å². The molecular weight excluding hydrogens is 184 g/mol. The Balaban J connectivity index is 1.77. The van der Waals surface area contributed by atoms with Crippen molar-refractivity contribution in [1.82, 2.24) is 0 Å². The van der Waals surface area contributed by atoms with Gasteiger partial charge in [-0.2, -0.15) is 0 Å². The largest absolute Gasteiger partial charge is 0.345 e. The third-order valence-electron chi connectivity index (χ3n) is 3.26. The van der Waals surface area contributed by atoms with Crippen LogP contribution < -0.4 is 0 Å². The summed E-state index contributed by atoms with van der Waals surface area (Å²) in [6, 6.07) is 0. The maximum atomic E-state index is 5.90. The summed E-state index contributed by atoms with van der Waals surface area (Å²) in [6.07, 6.45) is 3.04. The quantitative estimate of drug-likeness (QED) is 0.634. The highest BCUT2D eigenvalue weighted by Crippen LogP contribution is 2.42. The lowest BCUT2D eigenvalue weighted by atomic mass is 10.1. The molecule has 3 aliphatic rings. The average molecular weight is 200 g/mol. The SMILES string of the molecule is CCC1COC2(CC[C@H]3CO[C@@H]2O3)O1. The van der Waals surface area contributed by atoms with Crippen LogP contribution in [0.3, 0.4) is 0 Å². The molecule has 80 valence electrons. The van der Waals surface area contributed by atoms with Gasteiger partial charge in [-0.05, 0) is 12.8 Å². The van der Waals surface area contributed by atoms with Crippen LogP contribution in [-0.4, -0.2) is 37.5 Å². The number of hydrogen-bond donors (Lipinski definition) is 0. The van der Waals surface area contributed by atoms with Gasteiger partial charge >= 0.3 is 0 Å². The van der Waals surface area contributed by atoms with Gasteiger partial charge in [0.1, 0.15) is 0 Å². The van der Waals surface area contributed by atoms with Crippen molar-refractivity contribution in [3.63, 3.8) is 0 Å². The molecule has 3 aliphatic heterocycles. The van der Waals surface area contributed by atoms with Crippen LogP contribution in [0.15, 0.2) is 0 Å². The predicted octanol–water partition coefficient (Wildman–Crippen LogP) is 1.04. The third-order valence-corrected chi connectivity index (χ3v) is 3.26. The highest BCUT2D eigenvalue weighted by molar-refractivity contribution is 4.90. The Labute approximate surface area is 83.5 Å². The molecule has 0 aromatic carbocycles. The van der Waals surface area contributed by atoms with E-state index in [0.29, 0.717) is 13.2 Å². The molecule has 0 N–H and O–H groups in total. The monoisotopic (exact) mass is 200 g/mol. The molecule has 1 spiro atoms. The first-order valence-corrected chi connectivity index (χ1v) is 5.41. The summed E-state index contributed by atoms with van der Waals surface area (Å²) >= 11 is 0. The van der Waals surface area contributed by atoms with Gasteiger partial charge in [0.2, 0.25) is 12.1 Å². The first-order chi connectivity index (χ1) is 6.82. The molecule has 3 fully saturated rings. The van der Waals surface area contributed by atoms with Crippen molar-refractivity contribution in [3.05, 3.63) is 0 Å². The minimum atomic E-state index is -0.590. The zero-order valence-corrected chi connectivity index (χ0v) is 8.40. The maximum Gasteiger partial charge on any atom is 0.221 e. The lowest BCUT2D eigenvalue weighted by Gasteiger charge is -2.35. The van der Waals surface area contributed by atoms with E-state index in [-0.39, 0.29) is 18.5 Å². The summed E-state index contributed by atoms with van der Waals surface area (Å²) < 4.78 is 22.8. The summed E-state index contributed by atoms with van der Waals surface area (Å²) in [4.78, 5) is 0. The van der Waals surface area contributed by atoms with Gasteiger partial charge in [0.05, 0.1) is 25.4 Å². The zero-order valence-electron chi connectivity index (χ0n) is 8.40. The fourth-order valence-corrected chi connectivity index (χ4v) is 2.35. The van der Waals surface area contributed by atoms with Crippen molar-refractivity contribution in [1.29, 1.82) is 0 Å². The molecule has 0 saturated carbocycles. The summed E-state index contributed by atoms with van der Waals surface area (Å²) in [5.41, 5.74) is 0. The second-order valence-corrected chi connectivity index (χ2v) is 4.23. The Kier molecular flexibility index (Phi) is 2.06. The van der Waals surface area contributed by atoms with E-state index >= 15 is 0 Å². The molecule has 0 aromatic heterocycles. The van der Waals surface area contributed by atoms with E-state index in [1.54, 1.807) is 0 Å². The predicted molar refractivity (Wildman–Crippen MR) is 47.7 cm³/mol. The van der Waals surface area contributed by atoms with E-state index in [1.807, 2.05) is 0 Å². The van der Waals surface area contributed by atoms with Gasteiger partial charge < -0.3 is 18.9 Å². The van der Waals surface area contributed by atoms with Crippen molar-refractivity contribution in [2.45, 2.75) is 50.5 Å². The second kappa shape index (κ2) is 3.17. The molecule has 0 aromatic rings. The van der Waals surface area contributed by atoms with Crippen molar-refractivity contribution < 1.29 is 18.9 Å². The molecule has 2 bridgehead atoms. The highest BCUT2D eigenvalue weighted by Gasteiger charge is 2.55. The number of fused-ring (bicyclic) bond motifs is 3. The standard InChI is InChI=1S/C10H16O4/c1-2-7-6-12-10(14-7)4-3-8-5-11-9(10)13-8/h7-9H,2-6H2,1H3/t7?,8-,9+,10?/m0/s1. The van der Waals surface area contributed by atoms with Gasteiger partial charge in [-0.3, -0.25) is 0 Å². The molecule has 4 nitrogen and oxygen atoms in total. The number of hydrogen-bond acceptors (Lipinski definition) is 4. The molecule has 3 saturated heterocycles. The third kappa shape index (κ3) is 1.21. The molecule has 4 heteroatoms. The van der Waals surface area contributed by atoms with E-state index in [4.69, 9.17) is 18.9 Å². The Morgan fingerprint density at radius 2 is 2.29 bits per heavy atom. The smallest absolute Gasteiger partial charge is 0.221 e. The van der Waals surface area contributed by atoms with E-state index in [1.165, 1.54) is 0 Å². The maximum absolute atomic E-state index is 5.90. The minimum absolute atomic E-state index is 0.208. The fourth-order valence-electron chi connectivity index (χ4n) is 2.35. The minimum Gasteiger partial charge on any atom is -0.345 e. The van der Waals surface area contributed by atoms with Crippen LogP contribution >= 0.6 is 0 Å². The Hall–Kier alpha value is -0.160. The van der Waals surface area contributed by atoms with Gasteiger partial charge in [0, 0.05) is 6.42 Å². The second-order valence-electron chi connectivity index (χ2n) is 4.23. The number of ether oxygens (including phenoxy) is 4. The summed E-state index contributed by atoms with van der Waals surface area (Å²) in [7, 11) is 0. The van der Waals surface area contributed by atoms with Crippen LogP contribution in [0.2, 0.25) is 0 Å². The van der Waals surface area contributed by atoms with Gasteiger partial charge in [-0.1, -0.05) is 6.92 Å². The van der Waals surface area contributed by atoms with E-state index < -0.39 is 5.79 Å². The molecule has 4 atom stereocenters. The molecular formula is C10H16O4. The molecule has 3 heterocycles. The molecule has 0 aliphatic carbocycles. The van der Waals surface area contributed by atoms with Crippen LogP contribution in [0.5, 0.6) is 0 Å². The average Bonchev–Trinajstić information content (AvgIpc) is 2.77. The summed E-state index contributed by atoms with van der Waals surface area (Å²) in [5.74, 6) is -0.590. The van der Waals surface area contributed by atoms with Crippen molar-refractivity contribution in [2.24, 2.45) is 0 Å². The number of rotatable bonds is 1. The van der Waals surface area contributed by atoms with Crippen LogP contribution in [0.25, 0.3) is 0 Å². The molecule has 0 amide bonds. The van der Waals surface area contributed by atoms with Gasteiger partial charge in [0.15, 0.2) is 0 Å². The molecule has 14 heavy (non-hydrogen) atoms. The zero-order chi connectivity index (χ0) is 9.60. The van der Waals surface area contributed by atoms with E-state index in [2.05, 4.69) is 6.92 Å². The van der Waals surface area contributed by atoms with Gasteiger partial charge in [0.25, 0.3) is 0 Å². The first-order valence-electron chi connectivity index (χ1n) is 5.41. The van der Waals surface area contributed by atoms with Crippen molar-refractivity contribution in [2.75, 3.05) is 13.2 Å². The van der Waals surface area contributed by atoms with Gasteiger partial charge in [-0.15, -0.1) is 0 Å². The lowest BCUT2D eigenvalue weighted by molar-refractivity contribution is -0.308. The normalized spacial score (nSPS) is 51.6. The van der Waals surface area contributed by atoms with E-state index in [0.717, 1.165) is 19.3 Å². The fraction of sp³-hybridized carbons (Fsp3) is 1.00. The summed E-state index contributed by atoms with van der Waals surface area (Å²) in [5, 5.41) is 0. The van der Waals surface area contributed by atoms with Crippen LogP contribution in [0.4, 0.5) is 0 Å². The molecule has 2 unspecified atom stereocenters. The van der Waals surface area contributed by atoms with Crippen molar-refractivity contribution >= 4 is 0 Å². The Morgan fingerprint density at radius 3 is 3.07 bits per heavy atom. The molecule has 0 radical (unpaired) electrons. The lowest BCUT2D eigenvalue weighted by Crippen LogP contribution is -2.47. The first kappa shape index (κ1) is 9.09. The van der Waals surface area contributed by atoms with Crippen LogP contribution in [0.1, 0.15) is 26.2 Å². The Bertz CT molecular complexity index is 232. The highest BCUT2D eigenvalue weighted by atomic mass is 16.8. The van der Waals surface area contributed by atoms with Crippen LogP contribution in [-0.2, 0) is 18.9 Å². The Morgan fingerprint density at radius 1 is 1.36 bits per heavy atom. The topological polar surface area (TPSA) is 36.9 Å².